The van der Waals surface area contributed by atoms with Crippen LogP contribution in [0.2, 0.25) is 0 Å². The summed E-state index contributed by atoms with van der Waals surface area (Å²) in [5.41, 5.74) is 6.43. The Morgan fingerprint density at radius 3 is 2.43 bits per heavy atom. The molecule has 0 radical (unpaired) electrons. The average Bonchev–Trinajstić information content (AvgIpc) is 2.11. The summed E-state index contributed by atoms with van der Waals surface area (Å²) < 4.78 is 0. The van der Waals surface area contributed by atoms with E-state index in [9.17, 15) is 5.11 Å². The molecule has 0 fully saturated rings. The molecule has 1 rings (SSSR count). The van der Waals surface area contributed by atoms with Gasteiger partial charge in [-0.25, -0.2) is 0 Å². The highest BCUT2D eigenvalue weighted by Gasteiger charge is 2.10. The van der Waals surface area contributed by atoms with Gasteiger partial charge in [-0.05, 0) is 31.0 Å². The van der Waals surface area contributed by atoms with Crippen LogP contribution < -0.4 is 5.73 Å². The molecule has 0 heterocycles. The van der Waals surface area contributed by atoms with Gasteiger partial charge in [-0.3, -0.25) is 0 Å². The second-order valence-corrected chi connectivity index (χ2v) is 3.43. The van der Waals surface area contributed by atoms with E-state index in [1.54, 1.807) is 13.0 Å². The van der Waals surface area contributed by atoms with Crippen molar-refractivity contribution in [3.05, 3.63) is 23.8 Å². The average molecular weight is 197 g/mol. The van der Waals surface area contributed by atoms with Crippen molar-refractivity contribution in [3.8, 4) is 11.5 Å². The molecule has 0 saturated carbocycles. The lowest BCUT2D eigenvalue weighted by Crippen LogP contribution is -2.34. The third-order valence-corrected chi connectivity index (χ3v) is 2.13. The summed E-state index contributed by atoms with van der Waals surface area (Å²) in [6.45, 7) is 1.62. The minimum Gasteiger partial charge on any atom is -0.504 e. The number of hydrogen-bond donors (Lipinski definition) is 4. The number of rotatable bonds is 3. The molecular weight excluding hydrogens is 182 g/mol. The first-order valence-corrected chi connectivity index (χ1v) is 4.45. The second-order valence-electron chi connectivity index (χ2n) is 3.43. The Labute approximate surface area is 82.6 Å². The molecule has 0 bridgehead atoms. The van der Waals surface area contributed by atoms with E-state index in [0.717, 1.165) is 5.56 Å². The van der Waals surface area contributed by atoms with Gasteiger partial charge in [-0.2, -0.15) is 0 Å². The SMILES string of the molecule is C[C@@H](O)C(N)Cc1ccc(O)c(O)c1. The zero-order valence-electron chi connectivity index (χ0n) is 8.01. The smallest absolute Gasteiger partial charge is 0.157 e. The number of aromatic hydroxyl groups is 2. The highest BCUT2D eigenvalue weighted by Crippen LogP contribution is 2.25. The molecular formula is C10H15NO3. The largest absolute Gasteiger partial charge is 0.504 e. The maximum Gasteiger partial charge on any atom is 0.157 e. The fourth-order valence-corrected chi connectivity index (χ4v) is 1.14. The Balaban J connectivity index is 2.73. The normalized spacial score (nSPS) is 15.1. The van der Waals surface area contributed by atoms with Crippen molar-refractivity contribution in [3.63, 3.8) is 0 Å². The molecule has 5 N–H and O–H groups in total. The fraction of sp³-hybridized carbons (Fsp3) is 0.400. The van der Waals surface area contributed by atoms with Crippen LogP contribution in [-0.2, 0) is 6.42 Å². The van der Waals surface area contributed by atoms with E-state index in [0.29, 0.717) is 6.42 Å². The second kappa shape index (κ2) is 4.30. The number of phenols is 2. The van der Waals surface area contributed by atoms with Crippen LogP contribution in [0.1, 0.15) is 12.5 Å². The molecule has 1 aromatic rings. The Morgan fingerprint density at radius 2 is 1.93 bits per heavy atom. The molecule has 78 valence electrons. The highest BCUT2D eigenvalue weighted by atomic mass is 16.3. The van der Waals surface area contributed by atoms with E-state index in [4.69, 9.17) is 15.9 Å². The van der Waals surface area contributed by atoms with Crippen LogP contribution in [0.5, 0.6) is 11.5 Å². The van der Waals surface area contributed by atoms with E-state index in [2.05, 4.69) is 0 Å². The quantitative estimate of drug-likeness (QED) is 0.526. The summed E-state index contributed by atoms with van der Waals surface area (Å²) in [5.74, 6) is -0.320. The van der Waals surface area contributed by atoms with Crippen molar-refractivity contribution in [2.45, 2.75) is 25.5 Å². The molecule has 0 spiro atoms. The van der Waals surface area contributed by atoms with Crippen LogP contribution in [0.3, 0.4) is 0 Å². The first-order chi connectivity index (χ1) is 6.50. The number of nitrogens with two attached hydrogens (primary N) is 1. The van der Waals surface area contributed by atoms with Crippen LogP contribution in [-0.4, -0.2) is 27.5 Å². The Bertz CT molecular complexity index is 312. The van der Waals surface area contributed by atoms with Crippen molar-refractivity contribution in [1.29, 1.82) is 0 Å². The minimum atomic E-state index is -0.592. The van der Waals surface area contributed by atoms with Gasteiger partial charge in [0.15, 0.2) is 11.5 Å². The van der Waals surface area contributed by atoms with Gasteiger partial charge in [0.05, 0.1) is 6.10 Å². The van der Waals surface area contributed by atoms with Crippen LogP contribution in [0.25, 0.3) is 0 Å². The van der Waals surface area contributed by atoms with E-state index >= 15 is 0 Å². The molecule has 4 heteroatoms. The van der Waals surface area contributed by atoms with Crippen molar-refractivity contribution in [2.75, 3.05) is 0 Å². The van der Waals surface area contributed by atoms with Crippen molar-refractivity contribution in [1.82, 2.24) is 0 Å². The van der Waals surface area contributed by atoms with Crippen molar-refractivity contribution < 1.29 is 15.3 Å². The van der Waals surface area contributed by atoms with E-state index < -0.39 is 6.10 Å². The minimum absolute atomic E-state index is 0.153. The first kappa shape index (κ1) is 10.8. The van der Waals surface area contributed by atoms with Crippen LogP contribution >= 0.6 is 0 Å². The molecule has 0 aromatic heterocycles. The first-order valence-electron chi connectivity index (χ1n) is 4.45. The summed E-state index contributed by atoms with van der Waals surface area (Å²) in [5, 5.41) is 27.4. The number of aliphatic hydroxyl groups excluding tert-OH is 1. The van der Waals surface area contributed by atoms with E-state index in [-0.39, 0.29) is 17.5 Å². The lowest BCUT2D eigenvalue weighted by atomic mass is 10.0. The number of hydrogen-bond acceptors (Lipinski definition) is 4. The number of benzene rings is 1. The van der Waals surface area contributed by atoms with Crippen molar-refractivity contribution >= 4 is 0 Å². The highest BCUT2D eigenvalue weighted by molar-refractivity contribution is 5.40. The van der Waals surface area contributed by atoms with E-state index in [1.165, 1.54) is 12.1 Å². The molecule has 1 aromatic carbocycles. The molecule has 0 aliphatic heterocycles. The predicted molar refractivity (Wildman–Crippen MR) is 53.1 cm³/mol. The van der Waals surface area contributed by atoms with Gasteiger partial charge in [0.25, 0.3) is 0 Å². The number of phenolic OH excluding ortho intramolecular Hbond substituents is 2. The van der Waals surface area contributed by atoms with Crippen LogP contribution in [0.4, 0.5) is 0 Å². The van der Waals surface area contributed by atoms with Crippen LogP contribution in [0.15, 0.2) is 18.2 Å². The van der Waals surface area contributed by atoms with Gasteiger partial charge in [0, 0.05) is 6.04 Å². The molecule has 2 atom stereocenters. The molecule has 0 amide bonds. The maximum absolute atomic E-state index is 9.20. The fourth-order valence-electron chi connectivity index (χ4n) is 1.14. The third kappa shape index (κ3) is 2.61. The molecule has 0 aliphatic carbocycles. The van der Waals surface area contributed by atoms with Gasteiger partial charge in [-0.1, -0.05) is 6.07 Å². The van der Waals surface area contributed by atoms with Gasteiger partial charge in [-0.15, -0.1) is 0 Å². The summed E-state index contributed by atoms with van der Waals surface area (Å²) in [6, 6.07) is 4.15. The van der Waals surface area contributed by atoms with Gasteiger partial charge < -0.3 is 21.1 Å². The van der Waals surface area contributed by atoms with E-state index in [1.807, 2.05) is 0 Å². The summed E-state index contributed by atoms with van der Waals surface area (Å²) in [6.07, 6.45) is -0.128. The van der Waals surface area contributed by atoms with Gasteiger partial charge in [0.1, 0.15) is 0 Å². The summed E-state index contributed by atoms with van der Waals surface area (Å²) in [7, 11) is 0. The van der Waals surface area contributed by atoms with Crippen molar-refractivity contribution in [2.24, 2.45) is 5.73 Å². The predicted octanol–water partition coefficient (Wildman–Crippen LogP) is 0.348. The zero-order valence-corrected chi connectivity index (χ0v) is 8.01. The Hall–Kier alpha value is -1.26. The summed E-state index contributed by atoms with van der Waals surface area (Å²) >= 11 is 0. The molecule has 4 nitrogen and oxygen atoms in total. The van der Waals surface area contributed by atoms with Crippen LogP contribution in [0, 0.1) is 0 Å². The number of aliphatic hydroxyl groups is 1. The zero-order chi connectivity index (χ0) is 10.7. The monoisotopic (exact) mass is 197 g/mol. The summed E-state index contributed by atoms with van der Waals surface area (Å²) in [4.78, 5) is 0. The lowest BCUT2D eigenvalue weighted by molar-refractivity contribution is 0.163. The molecule has 1 unspecified atom stereocenters. The third-order valence-electron chi connectivity index (χ3n) is 2.13. The van der Waals surface area contributed by atoms with Gasteiger partial charge in [0.2, 0.25) is 0 Å². The topological polar surface area (TPSA) is 86.7 Å². The van der Waals surface area contributed by atoms with Gasteiger partial charge >= 0.3 is 0 Å². The Kier molecular flexibility index (Phi) is 3.33. The molecule has 0 aliphatic rings. The molecule has 14 heavy (non-hydrogen) atoms. The maximum atomic E-state index is 9.20. The molecule has 0 saturated heterocycles. The Morgan fingerprint density at radius 1 is 1.29 bits per heavy atom. The lowest BCUT2D eigenvalue weighted by Gasteiger charge is -2.14. The standard InChI is InChI=1S/C10H15NO3/c1-6(12)8(11)4-7-2-3-9(13)10(14)5-7/h2-3,5-6,8,12-14H,4,11H2,1H3/t6-,8?/m1/s1.